The second-order valence-electron chi connectivity index (χ2n) is 6.07. The van der Waals surface area contributed by atoms with E-state index in [1.807, 2.05) is 11.7 Å². The van der Waals surface area contributed by atoms with E-state index in [1.165, 1.54) is 24.1 Å². The van der Waals surface area contributed by atoms with E-state index in [2.05, 4.69) is 35.8 Å². The maximum Gasteiger partial charge on any atom is 0.191 e. The lowest BCUT2D eigenvalue weighted by Gasteiger charge is -2.31. The number of aryl methyl sites for hydroxylation is 2. The number of aliphatic imine (C=N–C) groups is 1. The van der Waals surface area contributed by atoms with Gasteiger partial charge in [0.15, 0.2) is 5.96 Å². The first-order valence-corrected chi connectivity index (χ1v) is 8.15. The van der Waals surface area contributed by atoms with Crippen LogP contribution in [0.2, 0.25) is 0 Å². The number of piperidine rings is 1. The zero-order chi connectivity index (χ0) is 15.4. The van der Waals surface area contributed by atoms with Crippen molar-refractivity contribution in [1.82, 2.24) is 14.7 Å². The fraction of sp³-hybridized carbons (Fsp3) is 0.750. The topological polar surface area (TPSA) is 59.4 Å². The van der Waals surface area contributed by atoms with Gasteiger partial charge in [0.05, 0.1) is 12.2 Å². The molecule has 5 heteroatoms. The molecule has 2 rings (SSSR count). The number of likely N-dealkylation sites (tertiary alicyclic amines) is 1. The van der Waals surface area contributed by atoms with Gasteiger partial charge in [-0.2, -0.15) is 5.10 Å². The second-order valence-corrected chi connectivity index (χ2v) is 6.07. The minimum Gasteiger partial charge on any atom is -0.370 e. The van der Waals surface area contributed by atoms with Crippen LogP contribution < -0.4 is 5.73 Å². The summed E-state index contributed by atoms with van der Waals surface area (Å²) in [6.07, 6.45) is 4.44. The number of hydrogen-bond acceptors (Lipinski definition) is 2. The highest BCUT2D eigenvalue weighted by molar-refractivity contribution is 5.78. The van der Waals surface area contributed by atoms with Crippen LogP contribution in [0.25, 0.3) is 0 Å². The van der Waals surface area contributed by atoms with Crippen molar-refractivity contribution < 1.29 is 0 Å². The van der Waals surface area contributed by atoms with Crippen molar-refractivity contribution in [3.63, 3.8) is 0 Å². The molecule has 1 saturated heterocycles. The number of nitrogens with zero attached hydrogens (tertiary/aromatic N) is 4. The molecule has 0 radical (unpaired) electrons. The summed E-state index contributed by atoms with van der Waals surface area (Å²) in [6, 6.07) is 0. The van der Waals surface area contributed by atoms with Gasteiger partial charge in [0.2, 0.25) is 0 Å². The van der Waals surface area contributed by atoms with Crippen LogP contribution in [-0.2, 0) is 26.4 Å². The molecule has 1 aliphatic heterocycles. The van der Waals surface area contributed by atoms with Gasteiger partial charge < -0.3 is 10.6 Å². The van der Waals surface area contributed by atoms with Crippen LogP contribution in [0.4, 0.5) is 0 Å². The molecule has 0 aliphatic carbocycles. The number of aromatic nitrogens is 2. The van der Waals surface area contributed by atoms with Crippen molar-refractivity contribution in [3.05, 3.63) is 17.0 Å². The number of guanidine groups is 1. The maximum atomic E-state index is 6.20. The highest BCUT2D eigenvalue weighted by Gasteiger charge is 2.18. The Kier molecular flexibility index (Phi) is 5.26. The first-order chi connectivity index (χ1) is 10.1. The van der Waals surface area contributed by atoms with Crippen molar-refractivity contribution in [2.75, 3.05) is 13.1 Å². The molecule has 1 aliphatic rings. The Morgan fingerprint density at radius 1 is 1.38 bits per heavy atom. The van der Waals surface area contributed by atoms with Crippen molar-refractivity contribution in [2.24, 2.45) is 23.7 Å². The van der Waals surface area contributed by atoms with Gasteiger partial charge in [-0.05, 0) is 31.6 Å². The number of nitrogens with two attached hydrogens (primary N) is 1. The Morgan fingerprint density at radius 3 is 2.76 bits per heavy atom. The lowest BCUT2D eigenvalue weighted by molar-refractivity contribution is 0.270. The summed E-state index contributed by atoms with van der Waals surface area (Å²) >= 11 is 0. The third-order valence-corrected chi connectivity index (χ3v) is 4.41. The molecule has 2 N–H and O–H groups in total. The SMILES string of the molecule is CCc1nn(C)c(CC)c1CN=C(N)N1CCCC(C)C1. The highest BCUT2D eigenvalue weighted by Crippen LogP contribution is 2.18. The van der Waals surface area contributed by atoms with Crippen molar-refractivity contribution in [2.45, 2.75) is 53.0 Å². The van der Waals surface area contributed by atoms with Crippen molar-refractivity contribution >= 4 is 5.96 Å². The van der Waals surface area contributed by atoms with E-state index < -0.39 is 0 Å². The van der Waals surface area contributed by atoms with Gasteiger partial charge in [0.25, 0.3) is 0 Å². The van der Waals surface area contributed by atoms with Crippen LogP contribution in [0.5, 0.6) is 0 Å². The summed E-state index contributed by atoms with van der Waals surface area (Å²) in [5.74, 6) is 1.40. The molecule has 1 fully saturated rings. The minimum absolute atomic E-state index is 0.650. The maximum absolute atomic E-state index is 6.20. The van der Waals surface area contributed by atoms with Crippen molar-refractivity contribution in [1.29, 1.82) is 0 Å². The number of rotatable bonds is 4. The first kappa shape index (κ1) is 15.9. The largest absolute Gasteiger partial charge is 0.370 e. The predicted molar refractivity (Wildman–Crippen MR) is 87.3 cm³/mol. The minimum atomic E-state index is 0.650. The van der Waals surface area contributed by atoms with Crippen LogP contribution in [-0.4, -0.2) is 33.7 Å². The molecule has 5 nitrogen and oxygen atoms in total. The third-order valence-electron chi connectivity index (χ3n) is 4.41. The lowest BCUT2D eigenvalue weighted by atomic mass is 10.0. The molecule has 0 spiro atoms. The van der Waals surface area contributed by atoms with Crippen LogP contribution in [0, 0.1) is 5.92 Å². The average molecular weight is 291 g/mol. The van der Waals surface area contributed by atoms with E-state index in [0.29, 0.717) is 18.4 Å². The van der Waals surface area contributed by atoms with E-state index in [-0.39, 0.29) is 0 Å². The Balaban J connectivity index is 2.12. The smallest absolute Gasteiger partial charge is 0.191 e. The molecule has 1 aromatic heterocycles. The number of hydrogen-bond donors (Lipinski definition) is 1. The molecule has 21 heavy (non-hydrogen) atoms. The lowest BCUT2D eigenvalue weighted by Crippen LogP contribution is -2.43. The monoisotopic (exact) mass is 291 g/mol. The standard InChI is InChI=1S/C16H29N5/c1-5-14-13(15(6-2)20(4)19-14)10-18-16(17)21-9-7-8-12(3)11-21/h12H,5-11H2,1-4H3,(H2,17,18). The van der Waals surface area contributed by atoms with Gasteiger partial charge >= 0.3 is 0 Å². The Hall–Kier alpha value is -1.52. The zero-order valence-electron chi connectivity index (χ0n) is 13.9. The molecule has 1 unspecified atom stereocenters. The Labute approximate surface area is 128 Å². The molecule has 1 aromatic rings. The predicted octanol–water partition coefficient (Wildman–Crippen LogP) is 2.09. The Bertz CT molecular complexity index is 503. The normalized spacial score (nSPS) is 20.1. The molecule has 0 saturated carbocycles. The van der Waals surface area contributed by atoms with E-state index in [9.17, 15) is 0 Å². The molecule has 0 aromatic carbocycles. The summed E-state index contributed by atoms with van der Waals surface area (Å²) in [4.78, 5) is 6.87. The van der Waals surface area contributed by atoms with Gasteiger partial charge in [0.1, 0.15) is 0 Å². The van der Waals surface area contributed by atoms with Crippen LogP contribution in [0.1, 0.15) is 50.6 Å². The molecule has 0 bridgehead atoms. The summed E-state index contributed by atoms with van der Waals surface area (Å²) in [7, 11) is 2.01. The third kappa shape index (κ3) is 3.57. The summed E-state index contributed by atoms with van der Waals surface area (Å²) in [6.45, 7) is 9.31. The first-order valence-electron chi connectivity index (χ1n) is 8.15. The van der Waals surface area contributed by atoms with E-state index in [1.54, 1.807) is 0 Å². The summed E-state index contributed by atoms with van der Waals surface area (Å²) < 4.78 is 1.99. The van der Waals surface area contributed by atoms with Gasteiger partial charge in [-0.3, -0.25) is 4.68 Å². The average Bonchev–Trinajstić information content (AvgIpc) is 2.79. The van der Waals surface area contributed by atoms with Gasteiger partial charge in [-0.1, -0.05) is 20.8 Å². The van der Waals surface area contributed by atoms with Crippen LogP contribution in [0.15, 0.2) is 4.99 Å². The second kappa shape index (κ2) is 6.96. The quantitative estimate of drug-likeness (QED) is 0.682. The molecular weight excluding hydrogens is 262 g/mol. The van der Waals surface area contributed by atoms with Crippen LogP contribution >= 0.6 is 0 Å². The summed E-state index contributed by atoms with van der Waals surface area (Å²) in [5, 5.41) is 4.60. The van der Waals surface area contributed by atoms with E-state index in [0.717, 1.165) is 31.6 Å². The highest BCUT2D eigenvalue weighted by atomic mass is 15.3. The zero-order valence-corrected chi connectivity index (χ0v) is 13.9. The van der Waals surface area contributed by atoms with Gasteiger partial charge in [-0.25, -0.2) is 4.99 Å². The molecule has 1 atom stereocenters. The molecule has 2 heterocycles. The van der Waals surface area contributed by atoms with Gasteiger partial charge in [-0.15, -0.1) is 0 Å². The van der Waals surface area contributed by atoms with Crippen LogP contribution in [0.3, 0.4) is 0 Å². The van der Waals surface area contributed by atoms with Gasteiger partial charge in [0, 0.05) is 31.4 Å². The fourth-order valence-electron chi connectivity index (χ4n) is 3.23. The van der Waals surface area contributed by atoms with Crippen molar-refractivity contribution in [3.8, 4) is 0 Å². The van der Waals surface area contributed by atoms with E-state index in [4.69, 9.17) is 5.73 Å². The molecule has 118 valence electrons. The molecule has 0 amide bonds. The molecular formula is C16H29N5. The Morgan fingerprint density at radius 2 is 2.14 bits per heavy atom. The van der Waals surface area contributed by atoms with E-state index >= 15 is 0 Å². The fourth-order valence-corrected chi connectivity index (χ4v) is 3.23. The summed E-state index contributed by atoms with van der Waals surface area (Å²) in [5.41, 5.74) is 9.88.